The van der Waals surface area contributed by atoms with Gasteiger partial charge in [-0.3, -0.25) is 4.79 Å². The van der Waals surface area contributed by atoms with Crippen LogP contribution in [-0.2, 0) is 4.79 Å². The fraction of sp³-hybridized carbons (Fsp3) is 0.235. The van der Waals surface area contributed by atoms with Gasteiger partial charge in [-0.15, -0.1) is 0 Å². The van der Waals surface area contributed by atoms with E-state index in [1.54, 1.807) is 0 Å². The minimum absolute atomic E-state index is 0.0367. The lowest BCUT2D eigenvalue weighted by atomic mass is 9.82. The molecule has 0 bridgehead atoms. The summed E-state index contributed by atoms with van der Waals surface area (Å²) in [6.45, 7) is 2.32. The third-order valence-corrected chi connectivity index (χ3v) is 4.15. The van der Waals surface area contributed by atoms with Crippen LogP contribution in [0.2, 0.25) is 0 Å². The average molecular weight is 281 g/mol. The standard InChI is InChI=1S/C17H15NO3/c1-10-4-2-3-5-11(10)12-7-17(19)18-14-8-16-15(6-13(12)14)20-9-21-16/h2-6,8,12H,7,9H2,1H3,(H,18,19)/t12-/m1/s1. The first-order valence-corrected chi connectivity index (χ1v) is 7.01. The molecule has 2 aromatic carbocycles. The molecule has 2 aromatic rings. The van der Waals surface area contributed by atoms with Crippen molar-refractivity contribution in [2.45, 2.75) is 19.3 Å². The summed E-state index contributed by atoms with van der Waals surface area (Å²) in [5, 5.41) is 2.93. The maximum Gasteiger partial charge on any atom is 0.231 e. The Morgan fingerprint density at radius 2 is 1.86 bits per heavy atom. The van der Waals surface area contributed by atoms with Gasteiger partial charge in [0.1, 0.15) is 0 Å². The monoisotopic (exact) mass is 281 g/mol. The van der Waals surface area contributed by atoms with Gasteiger partial charge in [0, 0.05) is 24.1 Å². The van der Waals surface area contributed by atoms with Gasteiger partial charge in [0.05, 0.1) is 0 Å². The second-order valence-electron chi connectivity index (χ2n) is 5.45. The number of ether oxygens (including phenoxy) is 2. The van der Waals surface area contributed by atoms with Crippen molar-refractivity contribution in [2.75, 3.05) is 12.1 Å². The summed E-state index contributed by atoms with van der Waals surface area (Å²) < 4.78 is 10.9. The van der Waals surface area contributed by atoms with Crippen molar-refractivity contribution in [3.63, 3.8) is 0 Å². The largest absolute Gasteiger partial charge is 0.454 e. The number of benzene rings is 2. The first-order valence-electron chi connectivity index (χ1n) is 7.01. The van der Waals surface area contributed by atoms with Crippen molar-refractivity contribution in [2.24, 2.45) is 0 Å². The molecule has 2 aliphatic rings. The fourth-order valence-corrected chi connectivity index (χ4v) is 3.11. The number of hydrogen-bond acceptors (Lipinski definition) is 3. The highest BCUT2D eigenvalue weighted by molar-refractivity contribution is 5.96. The molecule has 2 heterocycles. The SMILES string of the molecule is Cc1ccccc1[C@H]1CC(=O)Nc2cc3c(cc21)OCO3. The van der Waals surface area contributed by atoms with Crippen molar-refractivity contribution >= 4 is 11.6 Å². The molecule has 4 rings (SSSR count). The molecule has 0 fully saturated rings. The molecule has 0 unspecified atom stereocenters. The van der Waals surface area contributed by atoms with Gasteiger partial charge in [-0.25, -0.2) is 0 Å². The lowest BCUT2D eigenvalue weighted by Crippen LogP contribution is -2.23. The number of carbonyl (C=O) groups is 1. The van der Waals surface area contributed by atoms with Crippen LogP contribution in [0.25, 0.3) is 0 Å². The Labute approximate surface area is 122 Å². The molecule has 4 nitrogen and oxygen atoms in total. The van der Waals surface area contributed by atoms with Gasteiger partial charge >= 0.3 is 0 Å². The van der Waals surface area contributed by atoms with Crippen LogP contribution in [0.1, 0.15) is 29.0 Å². The molecule has 0 aliphatic carbocycles. The predicted molar refractivity (Wildman–Crippen MR) is 78.8 cm³/mol. The van der Waals surface area contributed by atoms with E-state index in [1.165, 1.54) is 11.1 Å². The second-order valence-corrected chi connectivity index (χ2v) is 5.45. The molecule has 21 heavy (non-hydrogen) atoms. The van der Waals surface area contributed by atoms with Crippen LogP contribution in [0.5, 0.6) is 11.5 Å². The van der Waals surface area contributed by atoms with Gasteiger partial charge in [-0.05, 0) is 29.7 Å². The summed E-state index contributed by atoms with van der Waals surface area (Å²) in [6.07, 6.45) is 0.456. The van der Waals surface area contributed by atoms with Crippen LogP contribution in [0, 0.1) is 6.92 Å². The second kappa shape index (κ2) is 4.52. The highest BCUT2D eigenvalue weighted by atomic mass is 16.7. The Balaban J connectivity index is 1.88. The highest BCUT2D eigenvalue weighted by Gasteiger charge is 2.30. The van der Waals surface area contributed by atoms with Gasteiger partial charge in [0.15, 0.2) is 11.5 Å². The summed E-state index contributed by atoms with van der Waals surface area (Å²) in [4.78, 5) is 12.0. The van der Waals surface area contributed by atoms with Crippen LogP contribution in [-0.4, -0.2) is 12.7 Å². The van der Waals surface area contributed by atoms with Gasteiger partial charge < -0.3 is 14.8 Å². The molecule has 0 radical (unpaired) electrons. The van der Waals surface area contributed by atoms with E-state index in [2.05, 4.69) is 24.4 Å². The quantitative estimate of drug-likeness (QED) is 0.873. The van der Waals surface area contributed by atoms with E-state index < -0.39 is 0 Å². The minimum atomic E-state index is 0.0367. The molecule has 1 atom stereocenters. The number of nitrogens with one attached hydrogen (secondary N) is 1. The van der Waals surface area contributed by atoms with Crippen molar-refractivity contribution in [3.05, 3.63) is 53.1 Å². The zero-order valence-corrected chi connectivity index (χ0v) is 11.7. The third-order valence-electron chi connectivity index (χ3n) is 4.15. The molecule has 1 amide bonds. The van der Waals surface area contributed by atoms with Gasteiger partial charge in [-0.1, -0.05) is 24.3 Å². The minimum Gasteiger partial charge on any atom is -0.454 e. The van der Waals surface area contributed by atoms with Gasteiger partial charge in [0.2, 0.25) is 12.7 Å². The number of rotatable bonds is 1. The molecule has 0 aromatic heterocycles. The van der Waals surface area contributed by atoms with E-state index in [0.717, 1.165) is 17.0 Å². The van der Waals surface area contributed by atoms with Crippen LogP contribution >= 0.6 is 0 Å². The fourth-order valence-electron chi connectivity index (χ4n) is 3.11. The van der Waals surface area contributed by atoms with E-state index in [0.29, 0.717) is 12.2 Å². The molecule has 0 saturated heterocycles. The highest BCUT2D eigenvalue weighted by Crippen LogP contribution is 2.45. The zero-order chi connectivity index (χ0) is 14.4. The number of hydrogen-bond donors (Lipinski definition) is 1. The third kappa shape index (κ3) is 1.95. The summed E-state index contributed by atoms with van der Waals surface area (Å²) in [6, 6.07) is 12.1. The van der Waals surface area contributed by atoms with Crippen LogP contribution in [0.15, 0.2) is 36.4 Å². The van der Waals surface area contributed by atoms with E-state index in [4.69, 9.17) is 9.47 Å². The van der Waals surface area contributed by atoms with Crippen LogP contribution in [0.4, 0.5) is 5.69 Å². The van der Waals surface area contributed by atoms with Crippen molar-refractivity contribution < 1.29 is 14.3 Å². The molecular weight excluding hydrogens is 266 g/mol. The van der Waals surface area contributed by atoms with E-state index in [1.807, 2.05) is 24.3 Å². The maximum atomic E-state index is 12.0. The first kappa shape index (κ1) is 12.3. The first-order chi connectivity index (χ1) is 10.2. The molecule has 4 heteroatoms. The average Bonchev–Trinajstić information content (AvgIpc) is 2.92. The van der Waals surface area contributed by atoms with Crippen molar-refractivity contribution in [1.29, 1.82) is 0 Å². The summed E-state index contributed by atoms with van der Waals surface area (Å²) in [7, 11) is 0. The van der Waals surface area contributed by atoms with Crippen molar-refractivity contribution in [1.82, 2.24) is 0 Å². The Hall–Kier alpha value is -2.49. The number of fused-ring (bicyclic) bond motifs is 2. The van der Waals surface area contributed by atoms with E-state index >= 15 is 0 Å². The predicted octanol–water partition coefficient (Wildman–Crippen LogP) is 3.20. The lowest BCUT2D eigenvalue weighted by Gasteiger charge is -2.27. The van der Waals surface area contributed by atoms with Gasteiger partial charge in [-0.2, -0.15) is 0 Å². The summed E-state index contributed by atoms with van der Waals surface area (Å²) in [5.74, 6) is 1.54. The molecule has 0 saturated carbocycles. The van der Waals surface area contributed by atoms with Crippen LogP contribution < -0.4 is 14.8 Å². The Morgan fingerprint density at radius 3 is 2.67 bits per heavy atom. The van der Waals surface area contributed by atoms with Gasteiger partial charge in [0.25, 0.3) is 0 Å². The zero-order valence-electron chi connectivity index (χ0n) is 11.7. The molecule has 0 spiro atoms. The lowest BCUT2D eigenvalue weighted by molar-refractivity contribution is -0.116. The number of aryl methyl sites for hydroxylation is 1. The number of anilines is 1. The number of amides is 1. The molecule has 2 aliphatic heterocycles. The smallest absolute Gasteiger partial charge is 0.231 e. The Bertz CT molecular complexity index is 739. The summed E-state index contributed by atoms with van der Waals surface area (Å²) in [5.41, 5.74) is 4.30. The summed E-state index contributed by atoms with van der Waals surface area (Å²) >= 11 is 0. The number of carbonyl (C=O) groups excluding carboxylic acids is 1. The molecular formula is C17H15NO3. The topological polar surface area (TPSA) is 47.6 Å². The normalized spacial score (nSPS) is 19.1. The maximum absolute atomic E-state index is 12.0. The van der Waals surface area contributed by atoms with E-state index in [9.17, 15) is 4.79 Å². The van der Waals surface area contributed by atoms with Crippen molar-refractivity contribution in [3.8, 4) is 11.5 Å². The Morgan fingerprint density at radius 1 is 1.10 bits per heavy atom. The molecule has 106 valence electrons. The Kier molecular flexibility index (Phi) is 2.64. The van der Waals surface area contributed by atoms with Crippen LogP contribution in [0.3, 0.4) is 0 Å². The van der Waals surface area contributed by atoms with E-state index in [-0.39, 0.29) is 18.6 Å². The molecule has 1 N–H and O–H groups in total.